The van der Waals surface area contributed by atoms with E-state index < -0.39 is 0 Å². The van der Waals surface area contributed by atoms with Gasteiger partial charge in [0.1, 0.15) is 34.7 Å². The molecule has 0 unspecified atom stereocenters. The molecule has 0 atom stereocenters. The molecule has 3 aromatic heterocycles. The third-order valence-electron chi connectivity index (χ3n) is 5.71. The molecule has 0 aliphatic carbocycles. The van der Waals surface area contributed by atoms with Crippen LogP contribution in [-0.2, 0) is 0 Å². The second-order valence-corrected chi connectivity index (χ2v) is 7.33. The summed E-state index contributed by atoms with van der Waals surface area (Å²) >= 11 is 0. The average Bonchev–Trinajstić information content (AvgIpc) is 3.20. The van der Waals surface area contributed by atoms with Crippen molar-refractivity contribution in [3.63, 3.8) is 0 Å². The molecule has 0 aliphatic heterocycles. The van der Waals surface area contributed by atoms with E-state index in [0.29, 0.717) is 50.8 Å². The van der Waals surface area contributed by atoms with Gasteiger partial charge >= 0.3 is 0 Å². The van der Waals surface area contributed by atoms with Crippen LogP contribution in [0.1, 0.15) is 5.56 Å². The summed E-state index contributed by atoms with van der Waals surface area (Å²) in [6.45, 7) is 0. The molecule has 0 N–H and O–H groups in total. The van der Waals surface area contributed by atoms with Crippen LogP contribution < -0.4 is 18.9 Å². The molecule has 164 valence electrons. The number of hydrogen-bond donors (Lipinski definition) is 0. The van der Waals surface area contributed by atoms with Gasteiger partial charge in [0.25, 0.3) is 0 Å². The van der Waals surface area contributed by atoms with Crippen LogP contribution in [0.25, 0.3) is 38.6 Å². The summed E-state index contributed by atoms with van der Waals surface area (Å²) in [5.41, 5.74) is 3.23. The normalized spacial score (nSPS) is 11.0. The highest BCUT2D eigenvalue weighted by Crippen LogP contribution is 2.44. The van der Waals surface area contributed by atoms with Crippen LogP contribution in [0.4, 0.5) is 0 Å². The number of hydrogen-bond acceptors (Lipinski definition) is 7. The summed E-state index contributed by atoms with van der Waals surface area (Å²) in [5.74, 6) is 2.45. The predicted molar refractivity (Wildman–Crippen MR) is 124 cm³/mol. The first-order valence-electron chi connectivity index (χ1n) is 10.1. The van der Waals surface area contributed by atoms with Crippen molar-refractivity contribution in [1.29, 1.82) is 5.26 Å². The Balaban J connectivity index is 2.05. The number of ether oxygens (including phenoxy) is 4. The second-order valence-electron chi connectivity index (χ2n) is 7.33. The molecule has 5 rings (SSSR count). The first-order chi connectivity index (χ1) is 16.1. The Morgan fingerprint density at radius 2 is 1.55 bits per heavy atom. The zero-order valence-electron chi connectivity index (χ0n) is 18.5. The summed E-state index contributed by atoms with van der Waals surface area (Å²) < 4.78 is 24.1. The Bertz CT molecular complexity index is 1560. The molecule has 5 aromatic rings. The Morgan fingerprint density at radius 1 is 0.848 bits per heavy atom. The molecule has 0 amide bonds. The van der Waals surface area contributed by atoms with Gasteiger partial charge in [-0.25, -0.2) is 4.98 Å². The average molecular weight is 440 g/mol. The highest BCUT2D eigenvalue weighted by Gasteiger charge is 2.23. The van der Waals surface area contributed by atoms with Crippen LogP contribution in [-0.4, -0.2) is 42.8 Å². The van der Waals surface area contributed by atoms with E-state index in [0.717, 1.165) is 16.3 Å². The Kier molecular flexibility index (Phi) is 4.87. The van der Waals surface area contributed by atoms with Gasteiger partial charge in [-0.1, -0.05) is 0 Å². The Labute approximate surface area is 189 Å². The van der Waals surface area contributed by atoms with E-state index in [-0.39, 0.29) is 0 Å². The highest BCUT2D eigenvalue weighted by atomic mass is 16.5. The van der Waals surface area contributed by atoms with E-state index in [1.54, 1.807) is 59.2 Å². The lowest BCUT2D eigenvalue weighted by Gasteiger charge is -2.15. The first kappa shape index (κ1) is 20.4. The summed E-state index contributed by atoms with van der Waals surface area (Å²) in [5, 5.41) is 12.3. The zero-order valence-corrected chi connectivity index (χ0v) is 18.5. The van der Waals surface area contributed by atoms with Crippen LogP contribution in [0.2, 0.25) is 0 Å². The number of nitriles is 1. The van der Waals surface area contributed by atoms with E-state index in [2.05, 4.69) is 11.1 Å². The van der Waals surface area contributed by atoms with E-state index in [1.165, 1.54) is 0 Å². The van der Waals surface area contributed by atoms with Gasteiger partial charge in [-0.2, -0.15) is 5.26 Å². The van der Waals surface area contributed by atoms with Gasteiger partial charge in [0.2, 0.25) is 0 Å². The fraction of sp³-hybridized carbons (Fsp3) is 0.160. The topological polar surface area (TPSA) is 90.9 Å². The molecular weight excluding hydrogens is 420 g/mol. The molecule has 8 heteroatoms. The molecule has 0 spiro atoms. The Morgan fingerprint density at radius 3 is 2.18 bits per heavy atom. The molecule has 0 bridgehead atoms. The third-order valence-corrected chi connectivity index (χ3v) is 5.71. The van der Waals surface area contributed by atoms with E-state index >= 15 is 0 Å². The maximum Gasteiger partial charge on any atom is 0.147 e. The number of rotatable bonds is 5. The van der Waals surface area contributed by atoms with E-state index in [4.69, 9.17) is 23.9 Å². The monoisotopic (exact) mass is 440 g/mol. The van der Waals surface area contributed by atoms with Gasteiger partial charge in [0, 0.05) is 40.9 Å². The second kappa shape index (κ2) is 7.88. The van der Waals surface area contributed by atoms with Crippen molar-refractivity contribution < 1.29 is 18.9 Å². The number of fused-ring (bicyclic) bond motifs is 5. The fourth-order valence-electron chi connectivity index (χ4n) is 4.19. The number of aromatic nitrogens is 3. The quantitative estimate of drug-likeness (QED) is 0.394. The minimum atomic E-state index is 0.487. The van der Waals surface area contributed by atoms with Crippen molar-refractivity contribution in [3.05, 3.63) is 54.5 Å². The lowest BCUT2D eigenvalue weighted by atomic mass is 9.98. The van der Waals surface area contributed by atoms with Gasteiger partial charge in [0.05, 0.1) is 56.8 Å². The number of methoxy groups -OCH3 is 4. The summed E-state index contributed by atoms with van der Waals surface area (Å²) in [4.78, 5) is 9.25. The SMILES string of the molecule is COc1cc(OC)cc(-c2nc3c(c(C#N)c4cnccn43)c3cc(OC)cc(OC)c23)c1. The van der Waals surface area contributed by atoms with Crippen LogP contribution in [0, 0.1) is 11.3 Å². The summed E-state index contributed by atoms with van der Waals surface area (Å²) in [6.07, 6.45) is 5.13. The standard InChI is InChI=1S/C25H20N4O4/c1-30-15-7-14(8-16(9-15)31-2)24-23-18(10-17(32-3)11-21(23)33-4)22-19(12-26)20-13-27-5-6-29(20)25(22)28-24/h5-11,13H,1-4H3. The minimum absolute atomic E-state index is 0.487. The van der Waals surface area contributed by atoms with Gasteiger partial charge in [0.15, 0.2) is 0 Å². The van der Waals surface area contributed by atoms with Crippen molar-refractivity contribution in [2.45, 2.75) is 0 Å². The number of benzene rings is 2. The van der Waals surface area contributed by atoms with Gasteiger partial charge in [-0.05, 0) is 18.2 Å². The lowest BCUT2D eigenvalue weighted by molar-refractivity contribution is 0.394. The van der Waals surface area contributed by atoms with Gasteiger partial charge in [-0.3, -0.25) is 9.38 Å². The van der Waals surface area contributed by atoms with Crippen LogP contribution in [0.5, 0.6) is 23.0 Å². The lowest BCUT2D eigenvalue weighted by Crippen LogP contribution is -1.97. The highest BCUT2D eigenvalue weighted by molar-refractivity contribution is 6.17. The molecule has 2 aromatic carbocycles. The molecule has 0 fully saturated rings. The maximum atomic E-state index is 10.0. The van der Waals surface area contributed by atoms with Crippen molar-refractivity contribution in [2.75, 3.05) is 28.4 Å². The van der Waals surface area contributed by atoms with E-state index in [9.17, 15) is 5.26 Å². The van der Waals surface area contributed by atoms with Crippen molar-refractivity contribution >= 4 is 27.3 Å². The largest absolute Gasteiger partial charge is 0.497 e. The molecule has 0 saturated carbocycles. The molecule has 0 saturated heterocycles. The van der Waals surface area contributed by atoms with Crippen LogP contribution >= 0.6 is 0 Å². The molecule has 3 heterocycles. The van der Waals surface area contributed by atoms with Crippen molar-refractivity contribution in [3.8, 4) is 40.3 Å². The molecule has 0 aliphatic rings. The molecule has 0 radical (unpaired) electrons. The number of nitrogens with zero attached hydrogens (tertiary/aromatic N) is 4. The Hall–Kier alpha value is -4.51. The number of pyridine rings is 1. The molecular formula is C25H20N4O4. The molecule has 8 nitrogen and oxygen atoms in total. The smallest absolute Gasteiger partial charge is 0.147 e. The van der Waals surface area contributed by atoms with Crippen molar-refractivity contribution in [1.82, 2.24) is 14.4 Å². The third kappa shape index (κ3) is 3.05. The summed E-state index contributed by atoms with van der Waals surface area (Å²) in [6, 6.07) is 11.6. The summed E-state index contributed by atoms with van der Waals surface area (Å²) in [7, 11) is 6.40. The molecule has 33 heavy (non-hydrogen) atoms. The van der Waals surface area contributed by atoms with Crippen LogP contribution in [0.3, 0.4) is 0 Å². The maximum absolute atomic E-state index is 10.0. The first-order valence-corrected chi connectivity index (χ1v) is 10.1. The van der Waals surface area contributed by atoms with Gasteiger partial charge < -0.3 is 18.9 Å². The predicted octanol–water partition coefficient (Wildman–Crippen LogP) is 4.61. The van der Waals surface area contributed by atoms with Crippen LogP contribution in [0.15, 0.2) is 48.9 Å². The van der Waals surface area contributed by atoms with Gasteiger partial charge in [-0.15, -0.1) is 0 Å². The zero-order chi connectivity index (χ0) is 23.1. The van der Waals surface area contributed by atoms with E-state index in [1.807, 2.05) is 22.6 Å². The van der Waals surface area contributed by atoms with Crippen molar-refractivity contribution in [2.24, 2.45) is 0 Å². The fourth-order valence-corrected chi connectivity index (χ4v) is 4.19. The minimum Gasteiger partial charge on any atom is -0.497 e.